The second-order valence-electron chi connectivity index (χ2n) is 22.8. The first-order chi connectivity index (χ1) is 36.6. The third kappa shape index (κ3) is 10.5. The lowest BCUT2D eigenvalue weighted by Gasteiger charge is -2.42. The molecular formula is C59H74N8O9. The van der Waals surface area contributed by atoms with Crippen molar-refractivity contribution in [1.29, 1.82) is 0 Å². The maximum atomic E-state index is 14.9. The van der Waals surface area contributed by atoms with Crippen LogP contribution in [-0.2, 0) is 62.3 Å². The molecule has 2 N–H and O–H groups in total. The molecule has 2 unspecified atom stereocenters. The van der Waals surface area contributed by atoms with Gasteiger partial charge in [0.15, 0.2) is 0 Å². The van der Waals surface area contributed by atoms with Crippen LogP contribution < -0.4 is 10.7 Å². The number of aromatic nitrogens is 2. The molecule has 6 aliphatic rings. The summed E-state index contributed by atoms with van der Waals surface area (Å²) in [6.45, 7) is 17.3. The van der Waals surface area contributed by atoms with Gasteiger partial charge in [-0.05, 0) is 104 Å². The van der Waals surface area contributed by atoms with E-state index in [1.165, 1.54) is 5.01 Å². The van der Waals surface area contributed by atoms with Crippen LogP contribution in [0.4, 0.5) is 0 Å². The number of aryl methyl sites for hydroxylation is 1. The van der Waals surface area contributed by atoms with Crippen molar-refractivity contribution >= 4 is 40.5 Å². The Balaban J connectivity index is 0.940. The zero-order valence-electron chi connectivity index (χ0n) is 45.2. The summed E-state index contributed by atoms with van der Waals surface area (Å²) in [7, 11) is 1.69. The van der Waals surface area contributed by atoms with Crippen molar-refractivity contribution in [2.75, 3.05) is 72.9 Å². The molecule has 5 saturated heterocycles. The van der Waals surface area contributed by atoms with E-state index in [4.69, 9.17) is 23.9 Å². The van der Waals surface area contributed by atoms with Crippen LogP contribution in [0.2, 0.25) is 0 Å². The summed E-state index contributed by atoms with van der Waals surface area (Å²) >= 11 is 0. The average Bonchev–Trinajstić information content (AvgIpc) is 4.09. The van der Waals surface area contributed by atoms with E-state index in [1.807, 2.05) is 39.0 Å². The van der Waals surface area contributed by atoms with E-state index in [-0.39, 0.29) is 55.5 Å². The van der Waals surface area contributed by atoms with Crippen molar-refractivity contribution in [2.24, 2.45) is 16.7 Å². The average molecular weight is 1040 g/mol. The van der Waals surface area contributed by atoms with Gasteiger partial charge in [-0.2, -0.15) is 0 Å². The first kappa shape index (κ1) is 53.2. The number of morpholine rings is 1. The van der Waals surface area contributed by atoms with E-state index in [9.17, 15) is 24.0 Å². The summed E-state index contributed by atoms with van der Waals surface area (Å²) in [5, 5.41) is 5.67. The number of amides is 4. The number of rotatable bonds is 9. The molecule has 0 saturated carbocycles. The van der Waals surface area contributed by atoms with Gasteiger partial charge in [0.05, 0.1) is 68.0 Å². The molecule has 6 aliphatic heterocycles. The molecule has 10 rings (SSSR count). The molecule has 4 amide bonds. The summed E-state index contributed by atoms with van der Waals surface area (Å²) in [5.41, 5.74) is 9.65. The third-order valence-corrected chi connectivity index (χ3v) is 16.7. The molecule has 5 fully saturated rings. The van der Waals surface area contributed by atoms with Crippen LogP contribution >= 0.6 is 0 Å². The smallest absolute Gasteiger partial charge is 0.324 e. The molecule has 0 aliphatic carbocycles. The summed E-state index contributed by atoms with van der Waals surface area (Å²) in [6, 6.07) is 16.0. The zero-order chi connectivity index (χ0) is 53.5. The minimum atomic E-state index is -1.06. The Morgan fingerprint density at radius 3 is 2.53 bits per heavy atom. The lowest BCUT2D eigenvalue weighted by atomic mass is 9.84. The first-order valence-electron chi connectivity index (χ1n) is 27.4. The SMILES string of the molecule is CCn1c(-c2cccnc2[C@H](C)OC)c2c3cc(ccc31)-c1cccc(c1)CC(NC(=O)C(C(C)C)N1CC[C@]3(CCN(C(=O)C#C[C@@H]4COCCN4C4COC4)C3)C1=O)C(=O)N1CCC[C@H](N1)C(=O)OCC(C)(C)C2. The van der Waals surface area contributed by atoms with Crippen molar-refractivity contribution in [1.82, 2.24) is 40.0 Å². The number of nitrogens with one attached hydrogen (secondary N) is 2. The number of carbonyl (C=O) groups excluding carboxylic acids is 5. The topological polar surface area (TPSA) is 177 Å². The number of ether oxygens (including phenoxy) is 4. The van der Waals surface area contributed by atoms with Gasteiger partial charge in [-0.1, -0.05) is 63.9 Å². The van der Waals surface area contributed by atoms with Gasteiger partial charge in [0.2, 0.25) is 11.8 Å². The number of hydrazine groups is 1. The van der Waals surface area contributed by atoms with E-state index in [0.29, 0.717) is 84.7 Å². The van der Waals surface area contributed by atoms with E-state index < -0.39 is 46.7 Å². The maximum Gasteiger partial charge on any atom is 0.324 e. The molecule has 4 aromatic rings. The molecule has 76 heavy (non-hydrogen) atoms. The molecule has 404 valence electrons. The molecule has 6 bridgehead atoms. The number of carbonyl (C=O) groups is 5. The van der Waals surface area contributed by atoms with Crippen molar-refractivity contribution < 1.29 is 42.9 Å². The van der Waals surface area contributed by atoms with Gasteiger partial charge in [-0.25, -0.2) is 5.43 Å². The molecule has 2 aromatic heterocycles. The number of likely N-dealkylation sites (tertiary alicyclic amines) is 2. The van der Waals surface area contributed by atoms with Gasteiger partial charge in [-0.15, -0.1) is 0 Å². The van der Waals surface area contributed by atoms with Gasteiger partial charge >= 0.3 is 5.97 Å². The van der Waals surface area contributed by atoms with Crippen molar-refractivity contribution in [3.63, 3.8) is 0 Å². The number of hydrogen-bond donors (Lipinski definition) is 2. The highest BCUT2D eigenvalue weighted by atomic mass is 16.5. The van der Waals surface area contributed by atoms with Gasteiger partial charge in [0.1, 0.15) is 18.1 Å². The Morgan fingerprint density at radius 1 is 0.961 bits per heavy atom. The largest absolute Gasteiger partial charge is 0.464 e. The van der Waals surface area contributed by atoms with E-state index in [1.54, 1.807) is 23.1 Å². The highest BCUT2D eigenvalue weighted by Crippen LogP contribution is 2.44. The quantitative estimate of drug-likeness (QED) is 0.163. The lowest BCUT2D eigenvalue weighted by molar-refractivity contribution is -0.155. The first-order valence-corrected chi connectivity index (χ1v) is 27.4. The van der Waals surface area contributed by atoms with Crippen LogP contribution in [0.3, 0.4) is 0 Å². The minimum absolute atomic E-state index is 0.131. The number of benzene rings is 2. The van der Waals surface area contributed by atoms with Crippen LogP contribution in [0.25, 0.3) is 33.3 Å². The highest BCUT2D eigenvalue weighted by molar-refractivity contribution is 5.98. The fourth-order valence-corrected chi connectivity index (χ4v) is 12.4. The Labute approximate surface area is 446 Å². The van der Waals surface area contributed by atoms with E-state index in [2.05, 4.69) is 89.2 Å². The molecule has 2 aromatic carbocycles. The third-order valence-electron chi connectivity index (χ3n) is 16.7. The number of methoxy groups -OCH3 is 1. The van der Waals surface area contributed by atoms with Crippen molar-refractivity contribution in [3.8, 4) is 34.2 Å². The Kier molecular flexibility index (Phi) is 15.5. The maximum absolute atomic E-state index is 14.9. The highest BCUT2D eigenvalue weighted by Gasteiger charge is 2.54. The number of nitrogens with zero attached hydrogens (tertiary/aromatic N) is 6. The Hall–Kier alpha value is -6.16. The zero-order valence-corrected chi connectivity index (χ0v) is 45.2. The van der Waals surface area contributed by atoms with Gasteiger partial charge in [-0.3, -0.25) is 38.9 Å². The number of fused-ring (bicyclic) bond motifs is 6. The molecule has 6 atom stereocenters. The number of hydrogen-bond acceptors (Lipinski definition) is 12. The lowest BCUT2D eigenvalue weighted by Crippen LogP contribution is -2.62. The fraction of sp³-hybridized carbons (Fsp3) is 0.559. The van der Waals surface area contributed by atoms with E-state index in [0.717, 1.165) is 56.7 Å². The van der Waals surface area contributed by atoms with Gasteiger partial charge in [0.25, 0.3) is 11.8 Å². The normalized spacial score (nSPS) is 25.2. The van der Waals surface area contributed by atoms with Crippen LogP contribution in [0.5, 0.6) is 0 Å². The minimum Gasteiger partial charge on any atom is -0.464 e. The molecule has 17 nitrogen and oxygen atoms in total. The monoisotopic (exact) mass is 1040 g/mol. The molecule has 0 radical (unpaired) electrons. The second kappa shape index (κ2) is 22.1. The summed E-state index contributed by atoms with van der Waals surface area (Å²) in [4.78, 5) is 82.6. The molecular weight excluding hydrogens is 965 g/mol. The summed E-state index contributed by atoms with van der Waals surface area (Å²) in [6.07, 6.45) is 4.24. The number of pyridine rings is 1. The predicted octanol–water partition coefficient (Wildman–Crippen LogP) is 5.32. The fourth-order valence-electron chi connectivity index (χ4n) is 12.4. The predicted molar refractivity (Wildman–Crippen MR) is 286 cm³/mol. The van der Waals surface area contributed by atoms with Crippen LogP contribution in [0, 0.1) is 28.6 Å². The summed E-state index contributed by atoms with van der Waals surface area (Å²) in [5.74, 6) is 3.95. The van der Waals surface area contributed by atoms with E-state index >= 15 is 0 Å². The van der Waals surface area contributed by atoms with Gasteiger partial charge < -0.3 is 38.6 Å². The summed E-state index contributed by atoms with van der Waals surface area (Å²) < 4.78 is 25.5. The number of cyclic esters (lactones) is 1. The molecule has 1 spiro atoms. The van der Waals surface area contributed by atoms with Crippen molar-refractivity contribution in [2.45, 2.75) is 123 Å². The molecule has 8 heterocycles. The Bertz CT molecular complexity index is 2940. The Morgan fingerprint density at radius 2 is 1.76 bits per heavy atom. The number of esters is 1. The van der Waals surface area contributed by atoms with Gasteiger partial charge in [0, 0.05) is 80.9 Å². The second-order valence-corrected chi connectivity index (χ2v) is 22.8. The van der Waals surface area contributed by atoms with Crippen LogP contribution in [-0.4, -0.2) is 162 Å². The van der Waals surface area contributed by atoms with Crippen LogP contribution in [0.15, 0.2) is 60.8 Å². The standard InChI is InChI=1S/C59H74N8O9/c1-8-64-49-18-16-41-30-45(49)46(53(64)44-14-10-22-60-51(44)38(4)73-7)31-58(5,6)36-76-56(71)47-15-11-23-67(62-47)55(70)48(29-39-12-9-13-40(41)28-39)61-54(69)52(37(2)3)66-25-21-59(57(66)72)20-24-63(35-59)50(68)19-17-42-32-74-27-26-65(42)43-33-75-34-43/h9-10,12-14,16,18,22,28,30,37-38,42-43,47-48,52,62H,8,11,15,20-21,23-27,29,31-36H2,1-7H3,(H,61,69)/t38-,42+,47-,48?,52?,59-/m0/s1. The molecule has 17 heteroatoms. The van der Waals surface area contributed by atoms with Crippen LogP contribution in [0.1, 0.15) is 90.2 Å². The van der Waals surface area contributed by atoms with Crippen molar-refractivity contribution in [3.05, 3.63) is 77.6 Å².